The molecule has 0 bridgehead atoms. The Morgan fingerprint density at radius 3 is 2.32 bits per heavy atom. The summed E-state index contributed by atoms with van der Waals surface area (Å²) >= 11 is 13.5. The van der Waals surface area contributed by atoms with Gasteiger partial charge < -0.3 is 25.4 Å². The van der Waals surface area contributed by atoms with Crippen molar-refractivity contribution < 1.29 is 19.1 Å². The van der Waals surface area contributed by atoms with Crippen LogP contribution in [-0.2, 0) is 16.1 Å². The highest BCUT2D eigenvalue weighted by Gasteiger charge is 2.25. The van der Waals surface area contributed by atoms with E-state index in [1.54, 1.807) is 30.3 Å². The number of pyridine rings is 2. The van der Waals surface area contributed by atoms with E-state index in [0.29, 0.717) is 22.6 Å². The average molecular weight is 639 g/mol. The molecule has 230 valence electrons. The second-order valence-electron chi connectivity index (χ2n) is 11.0. The van der Waals surface area contributed by atoms with E-state index in [1.165, 1.54) is 31.1 Å². The van der Waals surface area contributed by atoms with Gasteiger partial charge in [0.25, 0.3) is 5.56 Å². The summed E-state index contributed by atoms with van der Waals surface area (Å²) in [6.07, 6.45) is 2.70. The Balaban J connectivity index is 1.94. The van der Waals surface area contributed by atoms with Gasteiger partial charge in [0.2, 0.25) is 11.8 Å². The van der Waals surface area contributed by atoms with Crippen LogP contribution in [0.1, 0.15) is 26.3 Å². The molecule has 2 amide bonds. The highest BCUT2D eigenvalue weighted by molar-refractivity contribution is 6.41. The van der Waals surface area contributed by atoms with Gasteiger partial charge in [-0.1, -0.05) is 41.9 Å². The standard InChI is InChI=1S/C32H33Cl2N5O5/c1-8-25(40)36-20-11-9-10-17(2)30(20)37-24-13-19-18(15-35-24)12-21(39(31(19)42)16-26(41)38-32(3,4)5)27-28(33)22(43-6)14-23(44-7)29(27)34/h8-15H,1,16H2,2-7H3,(H,35,37)(H,36,40)(H,38,41). The third-order valence-electron chi connectivity index (χ3n) is 6.61. The first-order valence-corrected chi connectivity index (χ1v) is 14.3. The molecule has 0 radical (unpaired) electrons. The van der Waals surface area contributed by atoms with Crippen LogP contribution in [0.25, 0.3) is 22.0 Å². The Morgan fingerprint density at radius 1 is 1.07 bits per heavy atom. The molecule has 0 saturated heterocycles. The number of hydrogen-bond acceptors (Lipinski definition) is 7. The SMILES string of the molecule is C=CC(=O)Nc1cccc(C)c1Nc1cc2c(=O)n(CC(=O)NC(C)(C)C)c(-c3c(Cl)c(OC)cc(OC)c3Cl)cc2cn1. The van der Waals surface area contributed by atoms with Gasteiger partial charge in [-0.25, -0.2) is 4.98 Å². The first kappa shape index (κ1) is 32.4. The number of ether oxygens (including phenoxy) is 2. The largest absolute Gasteiger partial charge is 0.495 e. The van der Waals surface area contributed by atoms with Crippen LogP contribution in [0.2, 0.25) is 10.0 Å². The molecular formula is C32H33Cl2N5O5. The van der Waals surface area contributed by atoms with Gasteiger partial charge in [-0.15, -0.1) is 0 Å². The van der Waals surface area contributed by atoms with Crippen molar-refractivity contribution in [1.29, 1.82) is 0 Å². The van der Waals surface area contributed by atoms with E-state index < -0.39 is 17.0 Å². The summed E-state index contributed by atoms with van der Waals surface area (Å²) in [5.41, 5.74) is 1.45. The van der Waals surface area contributed by atoms with Crippen LogP contribution in [0.15, 0.2) is 60.0 Å². The van der Waals surface area contributed by atoms with E-state index in [0.717, 1.165) is 5.56 Å². The molecule has 2 aromatic carbocycles. The van der Waals surface area contributed by atoms with E-state index >= 15 is 0 Å². The van der Waals surface area contributed by atoms with Gasteiger partial charge in [0.05, 0.1) is 46.7 Å². The molecule has 44 heavy (non-hydrogen) atoms. The van der Waals surface area contributed by atoms with Gasteiger partial charge >= 0.3 is 0 Å². The molecule has 2 heterocycles. The minimum absolute atomic E-state index is 0.141. The number of methoxy groups -OCH3 is 2. The van der Waals surface area contributed by atoms with Crippen molar-refractivity contribution in [3.8, 4) is 22.8 Å². The van der Waals surface area contributed by atoms with Gasteiger partial charge in [0, 0.05) is 28.8 Å². The first-order chi connectivity index (χ1) is 20.8. The number of hydrogen-bond donors (Lipinski definition) is 3. The molecule has 4 rings (SSSR count). The zero-order valence-electron chi connectivity index (χ0n) is 25.2. The van der Waals surface area contributed by atoms with Crippen molar-refractivity contribution in [2.75, 3.05) is 24.9 Å². The maximum atomic E-state index is 14.2. The highest BCUT2D eigenvalue weighted by atomic mass is 35.5. The number of fused-ring (bicyclic) bond motifs is 1. The van der Waals surface area contributed by atoms with E-state index in [9.17, 15) is 14.4 Å². The summed E-state index contributed by atoms with van der Waals surface area (Å²) in [5.74, 6) is 0.126. The number of halogens is 2. The minimum Gasteiger partial charge on any atom is -0.495 e. The fourth-order valence-corrected chi connectivity index (χ4v) is 5.33. The lowest BCUT2D eigenvalue weighted by Crippen LogP contribution is -2.43. The number of aryl methyl sites for hydroxylation is 1. The molecule has 0 saturated carbocycles. The second kappa shape index (κ2) is 13.0. The van der Waals surface area contributed by atoms with Gasteiger partial charge in [-0.05, 0) is 57.5 Å². The van der Waals surface area contributed by atoms with Crippen molar-refractivity contribution in [3.05, 3.63) is 81.2 Å². The smallest absolute Gasteiger partial charge is 0.259 e. The van der Waals surface area contributed by atoms with E-state index in [-0.39, 0.29) is 50.6 Å². The molecule has 0 aliphatic rings. The quantitative estimate of drug-likeness (QED) is 0.179. The number of nitrogens with zero attached hydrogens (tertiary/aromatic N) is 2. The Hall–Kier alpha value is -4.54. The Kier molecular flexibility index (Phi) is 9.56. The van der Waals surface area contributed by atoms with Crippen LogP contribution in [0.3, 0.4) is 0 Å². The van der Waals surface area contributed by atoms with Crippen molar-refractivity contribution in [2.24, 2.45) is 0 Å². The van der Waals surface area contributed by atoms with Crippen molar-refractivity contribution in [3.63, 3.8) is 0 Å². The van der Waals surface area contributed by atoms with Crippen LogP contribution < -0.4 is 31.0 Å². The van der Waals surface area contributed by atoms with Crippen LogP contribution in [0.4, 0.5) is 17.2 Å². The number of anilines is 3. The number of nitrogens with one attached hydrogen (secondary N) is 3. The molecule has 0 atom stereocenters. The lowest BCUT2D eigenvalue weighted by molar-refractivity contribution is -0.123. The molecule has 2 aromatic heterocycles. The maximum Gasteiger partial charge on any atom is 0.259 e. The van der Waals surface area contributed by atoms with Crippen molar-refractivity contribution >= 4 is 63.0 Å². The number of carbonyl (C=O) groups excluding carboxylic acids is 2. The maximum absolute atomic E-state index is 14.2. The number of benzene rings is 2. The summed E-state index contributed by atoms with van der Waals surface area (Å²) in [6.45, 7) is 10.6. The normalized spacial score (nSPS) is 11.2. The van der Waals surface area contributed by atoms with Gasteiger partial charge in [0.1, 0.15) is 23.9 Å². The molecule has 12 heteroatoms. The Morgan fingerprint density at radius 2 is 1.73 bits per heavy atom. The van der Waals surface area contributed by atoms with Crippen LogP contribution in [0.5, 0.6) is 11.5 Å². The Bertz CT molecular complexity index is 1820. The molecule has 4 aromatic rings. The summed E-state index contributed by atoms with van der Waals surface area (Å²) in [4.78, 5) is 43.9. The highest BCUT2D eigenvalue weighted by Crippen LogP contribution is 2.46. The summed E-state index contributed by atoms with van der Waals surface area (Å²) in [6, 6.07) is 10.2. The van der Waals surface area contributed by atoms with Gasteiger partial charge in [0.15, 0.2) is 0 Å². The number of para-hydroxylation sites is 1. The van der Waals surface area contributed by atoms with Crippen LogP contribution in [0, 0.1) is 6.92 Å². The Labute approximate surface area is 265 Å². The predicted octanol–water partition coefficient (Wildman–Crippen LogP) is 6.48. The number of rotatable bonds is 9. The molecule has 0 aliphatic carbocycles. The lowest BCUT2D eigenvalue weighted by atomic mass is 10.1. The third kappa shape index (κ3) is 6.82. The second-order valence-corrected chi connectivity index (χ2v) is 11.7. The van der Waals surface area contributed by atoms with Crippen molar-refractivity contribution in [2.45, 2.75) is 39.8 Å². The monoisotopic (exact) mass is 637 g/mol. The molecular weight excluding hydrogens is 605 g/mol. The molecule has 10 nitrogen and oxygen atoms in total. The van der Waals surface area contributed by atoms with Crippen LogP contribution >= 0.6 is 23.2 Å². The topological polar surface area (TPSA) is 124 Å². The average Bonchev–Trinajstić information content (AvgIpc) is 2.96. The zero-order valence-corrected chi connectivity index (χ0v) is 26.7. The molecule has 0 fully saturated rings. The molecule has 3 N–H and O–H groups in total. The molecule has 0 spiro atoms. The van der Waals surface area contributed by atoms with Crippen molar-refractivity contribution in [1.82, 2.24) is 14.9 Å². The predicted molar refractivity (Wildman–Crippen MR) is 176 cm³/mol. The summed E-state index contributed by atoms with van der Waals surface area (Å²) < 4.78 is 12.2. The van der Waals surface area contributed by atoms with E-state index in [4.69, 9.17) is 32.7 Å². The molecule has 0 aliphatic heterocycles. The summed E-state index contributed by atoms with van der Waals surface area (Å²) in [5, 5.41) is 9.91. The number of amides is 2. The van der Waals surface area contributed by atoms with Gasteiger partial charge in [-0.2, -0.15) is 0 Å². The minimum atomic E-state index is -0.542. The van der Waals surface area contributed by atoms with E-state index in [1.807, 2.05) is 33.8 Å². The lowest BCUT2D eigenvalue weighted by Gasteiger charge is -2.23. The van der Waals surface area contributed by atoms with Gasteiger partial charge in [-0.3, -0.25) is 19.0 Å². The van der Waals surface area contributed by atoms with Crippen LogP contribution in [-0.4, -0.2) is 41.1 Å². The fourth-order valence-electron chi connectivity index (χ4n) is 4.64. The number of carbonyl (C=O) groups is 2. The van der Waals surface area contributed by atoms with E-state index in [2.05, 4.69) is 27.5 Å². The summed E-state index contributed by atoms with van der Waals surface area (Å²) in [7, 11) is 2.90. The fraction of sp³-hybridized carbons (Fsp3) is 0.250. The first-order valence-electron chi connectivity index (χ1n) is 13.5. The molecule has 0 unspecified atom stereocenters. The number of aromatic nitrogens is 2. The zero-order chi connectivity index (χ0) is 32.3. The third-order valence-corrected chi connectivity index (χ3v) is 7.36.